The number of imide groups is 1. The minimum absolute atomic E-state index is 0.0223. The number of aliphatic hydroxyl groups is 1. The standard InChI is InChI=1S/C12H21NO6S/c1-3-4-6-20-7-5-9(11(16)17)13(12(18)19)10(15)8(2)14/h8-9,14H,3-7H2,1-2H3,(H,16,17)(H,18,19). The highest BCUT2D eigenvalue weighted by Crippen LogP contribution is 2.14. The summed E-state index contributed by atoms with van der Waals surface area (Å²) in [5.74, 6) is -1.21. The van der Waals surface area contributed by atoms with Crippen molar-refractivity contribution in [2.24, 2.45) is 0 Å². The van der Waals surface area contributed by atoms with Crippen LogP contribution in [0.25, 0.3) is 0 Å². The van der Waals surface area contributed by atoms with Crippen LogP contribution in [0, 0.1) is 0 Å². The maximum atomic E-state index is 11.6. The molecule has 0 saturated carbocycles. The second-order valence-electron chi connectivity index (χ2n) is 4.28. The number of rotatable bonds is 9. The van der Waals surface area contributed by atoms with Crippen LogP contribution in [0.3, 0.4) is 0 Å². The molecular formula is C12H21NO6S. The van der Waals surface area contributed by atoms with Crippen LogP contribution in [-0.4, -0.2) is 61.8 Å². The van der Waals surface area contributed by atoms with Crippen LogP contribution in [0.15, 0.2) is 0 Å². The molecule has 0 heterocycles. The van der Waals surface area contributed by atoms with E-state index in [1.54, 1.807) is 0 Å². The Balaban J connectivity index is 4.71. The van der Waals surface area contributed by atoms with Gasteiger partial charge in [0.2, 0.25) is 0 Å². The zero-order valence-electron chi connectivity index (χ0n) is 11.6. The predicted octanol–water partition coefficient (Wildman–Crippen LogP) is 1.25. The van der Waals surface area contributed by atoms with Crippen LogP contribution in [0.2, 0.25) is 0 Å². The summed E-state index contributed by atoms with van der Waals surface area (Å²) in [6.07, 6.45) is -1.17. The summed E-state index contributed by atoms with van der Waals surface area (Å²) >= 11 is 1.52. The van der Waals surface area contributed by atoms with Crippen LogP contribution in [0.1, 0.15) is 33.1 Å². The molecular weight excluding hydrogens is 286 g/mol. The molecule has 0 aromatic heterocycles. The van der Waals surface area contributed by atoms with Crippen molar-refractivity contribution in [3.63, 3.8) is 0 Å². The number of carbonyl (C=O) groups excluding carboxylic acids is 1. The van der Waals surface area contributed by atoms with Crippen molar-refractivity contribution in [3.05, 3.63) is 0 Å². The van der Waals surface area contributed by atoms with Crippen molar-refractivity contribution >= 4 is 29.7 Å². The first-order valence-corrected chi connectivity index (χ1v) is 7.53. The number of hydrogen-bond acceptors (Lipinski definition) is 5. The lowest BCUT2D eigenvalue weighted by molar-refractivity contribution is -0.151. The Morgan fingerprint density at radius 2 is 1.80 bits per heavy atom. The zero-order chi connectivity index (χ0) is 15.7. The fourth-order valence-electron chi connectivity index (χ4n) is 1.49. The van der Waals surface area contributed by atoms with Gasteiger partial charge in [-0.1, -0.05) is 13.3 Å². The second-order valence-corrected chi connectivity index (χ2v) is 5.50. The Labute approximate surface area is 122 Å². The van der Waals surface area contributed by atoms with E-state index in [2.05, 4.69) is 0 Å². The molecule has 0 aliphatic carbocycles. The number of hydrogen-bond donors (Lipinski definition) is 3. The van der Waals surface area contributed by atoms with Gasteiger partial charge in [-0.3, -0.25) is 4.79 Å². The lowest BCUT2D eigenvalue weighted by atomic mass is 10.2. The third kappa shape index (κ3) is 6.25. The molecule has 0 spiro atoms. The topological polar surface area (TPSA) is 115 Å². The number of amides is 2. The Kier molecular flexibility index (Phi) is 8.98. The summed E-state index contributed by atoms with van der Waals surface area (Å²) in [7, 11) is 0. The molecule has 7 nitrogen and oxygen atoms in total. The number of nitrogens with zero attached hydrogens (tertiary/aromatic N) is 1. The molecule has 3 N–H and O–H groups in total. The molecule has 0 aromatic rings. The van der Waals surface area contributed by atoms with E-state index in [-0.39, 0.29) is 11.3 Å². The van der Waals surface area contributed by atoms with Gasteiger partial charge >= 0.3 is 12.1 Å². The van der Waals surface area contributed by atoms with E-state index < -0.39 is 30.1 Å². The van der Waals surface area contributed by atoms with Gasteiger partial charge < -0.3 is 15.3 Å². The van der Waals surface area contributed by atoms with Crippen molar-refractivity contribution in [2.45, 2.75) is 45.3 Å². The first-order chi connectivity index (χ1) is 9.32. The first-order valence-electron chi connectivity index (χ1n) is 6.37. The van der Waals surface area contributed by atoms with E-state index >= 15 is 0 Å². The van der Waals surface area contributed by atoms with Crippen molar-refractivity contribution in [1.82, 2.24) is 4.90 Å². The van der Waals surface area contributed by atoms with Gasteiger partial charge in [0.15, 0.2) is 0 Å². The minimum atomic E-state index is -1.66. The Bertz CT molecular complexity index is 347. The van der Waals surface area contributed by atoms with E-state index in [0.717, 1.165) is 25.5 Å². The van der Waals surface area contributed by atoms with Gasteiger partial charge in [0.25, 0.3) is 5.91 Å². The smallest absolute Gasteiger partial charge is 0.414 e. The Morgan fingerprint density at radius 3 is 2.20 bits per heavy atom. The molecule has 0 fully saturated rings. The summed E-state index contributed by atoms with van der Waals surface area (Å²) in [5, 5.41) is 27.2. The largest absolute Gasteiger partial charge is 0.480 e. The third-order valence-corrected chi connectivity index (χ3v) is 3.68. The molecule has 20 heavy (non-hydrogen) atoms. The summed E-state index contributed by atoms with van der Waals surface area (Å²) in [4.78, 5) is 34.0. The molecule has 0 radical (unpaired) electrons. The number of carbonyl (C=O) groups is 3. The average molecular weight is 307 g/mol. The molecule has 116 valence electrons. The second kappa shape index (κ2) is 9.60. The normalized spacial score (nSPS) is 13.6. The van der Waals surface area contributed by atoms with Crippen molar-refractivity contribution in [3.8, 4) is 0 Å². The van der Waals surface area contributed by atoms with Gasteiger partial charge in [-0.05, 0) is 31.3 Å². The molecule has 0 saturated heterocycles. The SMILES string of the molecule is CCCCSCCC(C(=O)O)N(C(=O)O)C(=O)C(C)O. The van der Waals surface area contributed by atoms with Crippen molar-refractivity contribution in [2.75, 3.05) is 11.5 Å². The summed E-state index contributed by atoms with van der Waals surface area (Å²) in [6.45, 7) is 3.14. The third-order valence-electron chi connectivity index (χ3n) is 2.58. The number of aliphatic carboxylic acids is 1. The number of carboxylic acid groups (broad SMARTS) is 2. The summed E-state index contributed by atoms with van der Waals surface area (Å²) < 4.78 is 0. The lowest BCUT2D eigenvalue weighted by Crippen LogP contribution is -2.51. The number of aliphatic hydroxyl groups excluding tert-OH is 1. The maximum Gasteiger partial charge on any atom is 0.414 e. The van der Waals surface area contributed by atoms with Crippen LogP contribution in [0.5, 0.6) is 0 Å². The fourth-order valence-corrected chi connectivity index (χ4v) is 2.58. The van der Waals surface area contributed by atoms with Gasteiger partial charge in [0.05, 0.1) is 0 Å². The molecule has 2 amide bonds. The number of thioether (sulfide) groups is 1. The van der Waals surface area contributed by atoms with E-state index in [1.807, 2.05) is 6.92 Å². The highest BCUT2D eigenvalue weighted by molar-refractivity contribution is 7.99. The summed E-state index contributed by atoms with van der Waals surface area (Å²) in [6, 6.07) is -1.47. The van der Waals surface area contributed by atoms with E-state index in [4.69, 9.17) is 15.3 Å². The maximum absolute atomic E-state index is 11.6. The molecule has 0 aromatic carbocycles. The number of carboxylic acids is 1. The first kappa shape index (κ1) is 18.7. The quantitative estimate of drug-likeness (QED) is 0.549. The Hall–Kier alpha value is -1.28. The molecule has 0 rings (SSSR count). The molecule has 0 aliphatic rings. The molecule has 8 heteroatoms. The van der Waals surface area contributed by atoms with Gasteiger partial charge in [0.1, 0.15) is 12.1 Å². The monoisotopic (exact) mass is 307 g/mol. The van der Waals surface area contributed by atoms with Crippen molar-refractivity contribution in [1.29, 1.82) is 0 Å². The van der Waals surface area contributed by atoms with Gasteiger partial charge in [-0.25, -0.2) is 14.5 Å². The highest BCUT2D eigenvalue weighted by Gasteiger charge is 2.36. The zero-order valence-corrected chi connectivity index (χ0v) is 12.4. The van der Waals surface area contributed by atoms with Crippen LogP contribution < -0.4 is 0 Å². The molecule has 2 unspecified atom stereocenters. The van der Waals surface area contributed by atoms with E-state index in [1.165, 1.54) is 11.8 Å². The molecule has 0 aliphatic heterocycles. The van der Waals surface area contributed by atoms with Crippen LogP contribution in [-0.2, 0) is 9.59 Å². The average Bonchev–Trinajstić information content (AvgIpc) is 2.35. The minimum Gasteiger partial charge on any atom is -0.480 e. The van der Waals surface area contributed by atoms with E-state index in [0.29, 0.717) is 5.75 Å². The summed E-state index contributed by atoms with van der Waals surface area (Å²) in [5.41, 5.74) is 0. The lowest BCUT2D eigenvalue weighted by Gasteiger charge is -2.25. The molecule has 2 atom stereocenters. The fraction of sp³-hybridized carbons (Fsp3) is 0.750. The number of unbranched alkanes of at least 4 members (excludes halogenated alkanes) is 1. The van der Waals surface area contributed by atoms with E-state index in [9.17, 15) is 14.4 Å². The molecule has 0 bridgehead atoms. The highest BCUT2D eigenvalue weighted by atomic mass is 32.2. The Morgan fingerprint density at radius 1 is 1.20 bits per heavy atom. The van der Waals surface area contributed by atoms with Gasteiger partial charge in [0, 0.05) is 0 Å². The van der Waals surface area contributed by atoms with Gasteiger partial charge in [-0.15, -0.1) is 0 Å². The van der Waals surface area contributed by atoms with Gasteiger partial charge in [-0.2, -0.15) is 11.8 Å². The van der Waals surface area contributed by atoms with Crippen LogP contribution in [0.4, 0.5) is 4.79 Å². The van der Waals surface area contributed by atoms with Crippen LogP contribution >= 0.6 is 11.8 Å². The predicted molar refractivity (Wildman–Crippen MR) is 74.8 cm³/mol. The van der Waals surface area contributed by atoms with Crippen molar-refractivity contribution < 1.29 is 29.7 Å².